The van der Waals surface area contributed by atoms with Crippen LogP contribution >= 0.6 is 23.2 Å². The number of fused-ring (bicyclic) bond motifs is 2. The minimum absolute atomic E-state index is 0.00359. The van der Waals surface area contributed by atoms with E-state index < -0.39 is 0 Å². The molecule has 1 heterocycles. The van der Waals surface area contributed by atoms with Crippen LogP contribution in [0.2, 0.25) is 5.02 Å². The molecule has 0 amide bonds. The molecule has 0 aromatic heterocycles. The second kappa shape index (κ2) is 4.46. The maximum Gasteiger partial charge on any atom is 0.162 e. The third-order valence-electron chi connectivity index (χ3n) is 4.65. The molecule has 0 N–H and O–H groups in total. The molecule has 3 atom stereocenters. The lowest BCUT2D eigenvalue weighted by atomic mass is 9.94. The van der Waals surface area contributed by atoms with E-state index in [9.17, 15) is 0 Å². The molecule has 0 bridgehead atoms. The Balaban J connectivity index is 1.62. The van der Waals surface area contributed by atoms with Gasteiger partial charge in [-0.15, -0.1) is 11.6 Å². The standard InChI is InChI=1S/C15H16Cl2O2/c16-12-7-14-13(18-1-2-19-14)6-11(12)15(17)10-4-8-3-9(8)5-10/h6-10,15H,1-5H2. The number of alkyl halides is 1. The summed E-state index contributed by atoms with van der Waals surface area (Å²) < 4.78 is 11.2. The topological polar surface area (TPSA) is 18.5 Å². The molecule has 4 heteroatoms. The number of benzene rings is 1. The number of rotatable bonds is 2. The van der Waals surface area contributed by atoms with Crippen molar-refractivity contribution in [2.24, 2.45) is 17.8 Å². The van der Waals surface area contributed by atoms with E-state index in [0.29, 0.717) is 24.2 Å². The Hall–Kier alpha value is -0.600. The Labute approximate surface area is 123 Å². The molecule has 1 aliphatic heterocycles. The highest BCUT2D eigenvalue weighted by atomic mass is 35.5. The summed E-state index contributed by atoms with van der Waals surface area (Å²) in [4.78, 5) is 0. The molecule has 2 nitrogen and oxygen atoms in total. The molecule has 2 fully saturated rings. The van der Waals surface area contributed by atoms with Crippen molar-refractivity contribution >= 4 is 23.2 Å². The van der Waals surface area contributed by atoms with Crippen molar-refractivity contribution in [1.82, 2.24) is 0 Å². The summed E-state index contributed by atoms with van der Waals surface area (Å²) in [5.41, 5.74) is 0.999. The third-order valence-corrected chi connectivity index (χ3v) is 5.57. The van der Waals surface area contributed by atoms with Crippen molar-refractivity contribution in [3.8, 4) is 11.5 Å². The zero-order chi connectivity index (χ0) is 13.0. The Kier molecular flexibility index (Phi) is 2.85. The Bertz CT molecular complexity index is 507. The van der Waals surface area contributed by atoms with Gasteiger partial charge in [0, 0.05) is 11.1 Å². The first kappa shape index (κ1) is 12.2. The summed E-state index contributed by atoms with van der Waals surface area (Å²) in [7, 11) is 0. The van der Waals surface area contributed by atoms with Gasteiger partial charge in [-0.1, -0.05) is 11.6 Å². The first-order valence-corrected chi connectivity index (χ1v) is 7.77. The van der Waals surface area contributed by atoms with Crippen molar-refractivity contribution in [3.63, 3.8) is 0 Å². The zero-order valence-electron chi connectivity index (χ0n) is 10.6. The number of hydrogen-bond acceptors (Lipinski definition) is 2. The first-order chi connectivity index (χ1) is 9.22. The molecule has 0 spiro atoms. The minimum Gasteiger partial charge on any atom is -0.486 e. The van der Waals surface area contributed by atoms with Gasteiger partial charge in [0.05, 0.1) is 5.38 Å². The lowest BCUT2D eigenvalue weighted by Crippen LogP contribution is -2.16. The third kappa shape index (κ3) is 2.09. The van der Waals surface area contributed by atoms with Crippen LogP contribution in [-0.4, -0.2) is 13.2 Å². The van der Waals surface area contributed by atoms with Crippen LogP contribution in [0.15, 0.2) is 12.1 Å². The molecule has 2 aliphatic carbocycles. The second-order valence-electron chi connectivity index (χ2n) is 5.91. The van der Waals surface area contributed by atoms with E-state index in [1.54, 1.807) is 0 Å². The average molecular weight is 299 g/mol. The van der Waals surface area contributed by atoms with Gasteiger partial charge < -0.3 is 9.47 Å². The van der Waals surface area contributed by atoms with Crippen molar-refractivity contribution in [2.45, 2.75) is 24.6 Å². The highest BCUT2D eigenvalue weighted by molar-refractivity contribution is 6.33. The van der Waals surface area contributed by atoms with Crippen molar-refractivity contribution in [3.05, 3.63) is 22.7 Å². The number of halogens is 2. The van der Waals surface area contributed by atoms with Crippen LogP contribution < -0.4 is 9.47 Å². The quantitative estimate of drug-likeness (QED) is 0.752. The number of hydrogen-bond donors (Lipinski definition) is 0. The average Bonchev–Trinajstić information content (AvgIpc) is 3.03. The number of ether oxygens (including phenoxy) is 2. The lowest BCUT2D eigenvalue weighted by molar-refractivity contribution is 0.171. The molecule has 0 radical (unpaired) electrons. The van der Waals surface area contributed by atoms with Crippen LogP contribution in [0.3, 0.4) is 0 Å². The predicted molar refractivity (Wildman–Crippen MR) is 75.4 cm³/mol. The summed E-state index contributed by atoms with van der Waals surface area (Å²) in [6.45, 7) is 1.17. The minimum atomic E-state index is -0.00359. The van der Waals surface area contributed by atoms with E-state index in [0.717, 1.165) is 28.9 Å². The van der Waals surface area contributed by atoms with Crippen LogP contribution in [-0.2, 0) is 0 Å². The molecule has 2 saturated carbocycles. The molecule has 19 heavy (non-hydrogen) atoms. The molecular weight excluding hydrogens is 283 g/mol. The fourth-order valence-corrected chi connectivity index (χ4v) is 4.26. The Morgan fingerprint density at radius 3 is 2.32 bits per heavy atom. The maximum absolute atomic E-state index is 6.67. The van der Waals surface area contributed by atoms with Crippen LogP contribution in [0.25, 0.3) is 0 Å². The first-order valence-electron chi connectivity index (χ1n) is 6.95. The van der Waals surface area contributed by atoms with Gasteiger partial charge in [-0.3, -0.25) is 0 Å². The smallest absolute Gasteiger partial charge is 0.162 e. The van der Waals surface area contributed by atoms with Gasteiger partial charge in [-0.05, 0) is 48.6 Å². The van der Waals surface area contributed by atoms with E-state index in [-0.39, 0.29) is 5.38 Å². The van der Waals surface area contributed by atoms with Crippen LogP contribution in [0, 0.1) is 17.8 Å². The lowest BCUT2D eigenvalue weighted by Gasteiger charge is -2.24. The molecule has 1 aromatic carbocycles. The molecule has 4 rings (SSSR count). The fraction of sp³-hybridized carbons (Fsp3) is 0.600. The summed E-state index contributed by atoms with van der Waals surface area (Å²) in [5, 5.41) is 0.695. The normalized spacial score (nSPS) is 32.8. The molecule has 102 valence electrons. The fourth-order valence-electron chi connectivity index (χ4n) is 3.55. The second-order valence-corrected chi connectivity index (χ2v) is 6.78. The zero-order valence-corrected chi connectivity index (χ0v) is 12.1. The summed E-state index contributed by atoms with van der Waals surface area (Å²) in [5.74, 6) is 3.94. The Morgan fingerprint density at radius 2 is 1.63 bits per heavy atom. The summed E-state index contributed by atoms with van der Waals surface area (Å²) in [6, 6.07) is 3.81. The predicted octanol–water partition coefficient (Wildman–Crippen LogP) is 4.44. The van der Waals surface area contributed by atoms with Gasteiger partial charge in [0.25, 0.3) is 0 Å². The Morgan fingerprint density at radius 1 is 1.00 bits per heavy atom. The van der Waals surface area contributed by atoms with Gasteiger partial charge in [-0.25, -0.2) is 0 Å². The molecule has 3 unspecified atom stereocenters. The van der Waals surface area contributed by atoms with E-state index in [1.165, 1.54) is 19.3 Å². The molecular formula is C15H16Cl2O2. The van der Waals surface area contributed by atoms with E-state index >= 15 is 0 Å². The van der Waals surface area contributed by atoms with E-state index in [2.05, 4.69) is 0 Å². The highest BCUT2D eigenvalue weighted by Gasteiger charge is 2.48. The summed E-state index contributed by atoms with van der Waals surface area (Å²) >= 11 is 13.0. The van der Waals surface area contributed by atoms with E-state index in [4.69, 9.17) is 32.7 Å². The maximum atomic E-state index is 6.67. The van der Waals surface area contributed by atoms with Crippen molar-refractivity contribution < 1.29 is 9.47 Å². The van der Waals surface area contributed by atoms with Crippen LogP contribution in [0.1, 0.15) is 30.2 Å². The van der Waals surface area contributed by atoms with Gasteiger partial charge in [-0.2, -0.15) is 0 Å². The van der Waals surface area contributed by atoms with Crippen molar-refractivity contribution in [1.29, 1.82) is 0 Å². The van der Waals surface area contributed by atoms with Gasteiger partial charge in [0.1, 0.15) is 13.2 Å². The monoisotopic (exact) mass is 298 g/mol. The van der Waals surface area contributed by atoms with Crippen LogP contribution in [0.5, 0.6) is 11.5 Å². The SMILES string of the molecule is Clc1cc2c(cc1C(Cl)C1CC3CC3C1)OCCO2. The molecule has 0 saturated heterocycles. The largest absolute Gasteiger partial charge is 0.486 e. The van der Waals surface area contributed by atoms with Gasteiger partial charge in [0.2, 0.25) is 0 Å². The van der Waals surface area contributed by atoms with Crippen molar-refractivity contribution in [2.75, 3.05) is 13.2 Å². The van der Waals surface area contributed by atoms with Crippen LogP contribution in [0.4, 0.5) is 0 Å². The summed E-state index contributed by atoms with van der Waals surface area (Å²) in [6.07, 6.45) is 3.92. The van der Waals surface area contributed by atoms with E-state index in [1.807, 2.05) is 12.1 Å². The van der Waals surface area contributed by atoms with Gasteiger partial charge >= 0.3 is 0 Å². The van der Waals surface area contributed by atoms with Gasteiger partial charge in [0.15, 0.2) is 11.5 Å². The molecule has 3 aliphatic rings. The highest BCUT2D eigenvalue weighted by Crippen LogP contribution is 2.59. The molecule has 1 aromatic rings.